The van der Waals surface area contributed by atoms with Crippen LogP contribution in [-0.4, -0.2) is 44.9 Å². The van der Waals surface area contributed by atoms with Gasteiger partial charge in [0.15, 0.2) is 11.6 Å². The molecule has 0 bridgehead atoms. The van der Waals surface area contributed by atoms with E-state index in [1.807, 2.05) is 0 Å². The molecule has 0 unspecified atom stereocenters. The van der Waals surface area contributed by atoms with Crippen molar-refractivity contribution >= 4 is 38.7 Å². The predicted molar refractivity (Wildman–Crippen MR) is 129 cm³/mol. The quantitative estimate of drug-likeness (QED) is 0.268. The molecule has 0 aliphatic carbocycles. The third kappa shape index (κ3) is 5.59. The number of hydroxylamine groups is 2. The minimum Gasteiger partial charge on any atom is -0.442 e. The zero-order chi connectivity index (χ0) is 26.2. The van der Waals surface area contributed by atoms with Crippen molar-refractivity contribution in [3.8, 4) is 22.2 Å². The van der Waals surface area contributed by atoms with Crippen LogP contribution in [0.1, 0.15) is 33.3 Å². The van der Waals surface area contributed by atoms with E-state index < -0.39 is 24.1 Å². The van der Waals surface area contributed by atoms with Crippen LogP contribution < -0.4 is 9.57 Å². The average Bonchev–Trinajstić information content (AvgIpc) is 3.19. The third-order valence-corrected chi connectivity index (χ3v) is 5.77. The van der Waals surface area contributed by atoms with Gasteiger partial charge >= 0.3 is 12.7 Å². The normalized spacial score (nSPS) is 11.8. The Bertz CT molecular complexity index is 1440. The Kier molecular flexibility index (Phi) is 6.90. The first-order valence-electron chi connectivity index (χ1n) is 10.9. The number of hydrogen-bond donors (Lipinski definition) is 0. The van der Waals surface area contributed by atoms with E-state index in [-0.39, 0.29) is 23.7 Å². The second kappa shape index (κ2) is 9.76. The number of thiazole rings is 1. The molecule has 1 amide bonds. The van der Waals surface area contributed by atoms with Crippen LogP contribution in [0.2, 0.25) is 0 Å². The van der Waals surface area contributed by atoms with Gasteiger partial charge in [-0.2, -0.15) is 8.78 Å². The van der Waals surface area contributed by atoms with Crippen molar-refractivity contribution in [2.24, 2.45) is 0 Å². The lowest BCUT2D eigenvalue weighted by atomic mass is 10.1. The second-order valence-electron chi connectivity index (χ2n) is 8.80. The van der Waals surface area contributed by atoms with Gasteiger partial charge in [0.25, 0.3) is 0 Å². The second-order valence-corrected chi connectivity index (χ2v) is 9.83. The SMILES string of the molecule is CCN(Oc1cc(F)c2nc(-c3cc(C)cc4nc(OC(F)F)cnc34)sc2c1)C(=O)OC(C)(C)C. The molecule has 0 spiro atoms. The van der Waals surface area contributed by atoms with Gasteiger partial charge in [-0.1, -0.05) is 0 Å². The number of hydrogen-bond acceptors (Lipinski definition) is 8. The van der Waals surface area contributed by atoms with Gasteiger partial charge in [0.2, 0.25) is 5.88 Å². The maximum Gasteiger partial charge on any atom is 0.443 e. The molecule has 36 heavy (non-hydrogen) atoms. The largest absolute Gasteiger partial charge is 0.443 e. The Morgan fingerprint density at radius 2 is 1.89 bits per heavy atom. The van der Waals surface area contributed by atoms with E-state index in [4.69, 9.17) is 9.57 Å². The van der Waals surface area contributed by atoms with Gasteiger partial charge in [-0.05, 0) is 52.3 Å². The number of rotatable bonds is 6. The number of ether oxygens (including phenoxy) is 2. The topological polar surface area (TPSA) is 86.7 Å². The first-order valence-corrected chi connectivity index (χ1v) is 11.8. The lowest BCUT2D eigenvalue weighted by Gasteiger charge is -2.26. The van der Waals surface area contributed by atoms with Crippen LogP contribution in [0.3, 0.4) is 0 Å². The van der Waals surface area contributed by atoms with Crippen LogP contribution >= 0.6 is 11.3 Å². The van der Waals surface area contributed by atoms with Crippen LogP contribution in [0, 0.1) is 12.7 Å². The molecule has 4 aromatic rings. The van der Waals surface area contributed by atoms with E-state index in [9.17, 15) is 18.0 Å². The molecule has 190 valence electrons. The van der Waals surface area contributed by atoms with Crippen LogP contribution in [0.15, 0.2) is 30.5 Å². The van der Waals surface area contributed by atoms with Crippen molar-refractivity contribution in [2.75, 3.05) is 6.54 Å². The summed E-state index contributed by atoms with van der Waals surface area (Å²) in [5.41, 5.74) is 1.47. The van der Waals surface area contributed by atoms with E-state index in [1.54, 1.807) is 52.8 Å². The zero-order valence-corrected chi connectivity index (χ0v) is 21.0. The van der Waals surface area contributed by atoms with Crippen molar-refractivity contribution < 1.29 is 32.3 Å². The number of fused-ring (bicyclic) bond motifs is 2. The van der Waals surface area contributed by atoms with Gasteiger partial charge in [0.05, 0.1) is 28.5 Å². The summed E-state index contributed by atoms with van der Waals surface area (Å²) in [7, 11) is 0. The van der Waals surface area contributed by atoms with Crippen molar-refractivity contribution in [2.45, 2.75) is 46.8 Å². The first-order chi connectivity index (χ1) is 16.9. The van der Waals surface area contributed by atoms with E-state index in [2.05, 4.69) is 19.7 Å². The Morgan fingerprint density at radius 1 is 1.14 bits per heavy atom. The fourth-order valence-electron chi connectivity index (χ4n) is 3.36. The summed E-state index contributed by atoms with van der Waals surface area (Å²) in [6.07, 6.45) is 0.402. The Morgan fingerprint density at radius 3 is 2.56 bits per heavy atom. The predicted octanol–water partition coefficient (Wildman–Crippen LogP) is 6.51. The molecule has 2 aromatic carbocycles. The van der Waals surface area contributed by atoms with E-state index in [0.29, 0.717) is 26.3 Å². The number of aryl methyl sites for hydroxylation is 1. The Labute approximate surface area is 208 Å². The minimum atomic E-state index is -3.02. The van der Waals surface area contributed by atoms with Crippen LogP contribution in [0.25, 0.3) is 31.8 Å². The lowest BCUT2D eigenvalue weighted by molar-refractivity contribution is -0.0694. The number of nitrogens with zero attached hydrogens (tertiary/aromatic N) is 4. The van der Waals surface area contributed by atoms with Gasteiger partial charge in [-0.25, -0.2) is 24.1 Å². The fraction of sp³-hybridized carbons (Fsp3) is 0.333. The molecule has 0 N–H and O–H groups in total. The molecule has 0 saturated heterocycles. The van der Waals surface area contributed by atoms with Crippen molar-refractivity contribution in [3.05, 3.63) is 41.8 Å². The number of amides is 1. The molecule has 12 heteroatoms. The summed E-state index contributed by atoms with van der Waals surface area (Å²) in [6, 6.07) is 6.20. The number of aromatic nitrogens is 3. The Hall–Kier alpha value is -3.67. The highest BCUT2D eigenvalue weighted by atomic mass is 32.1. The molecule has 0 aliphatic heterocycles. The van der Waals surface area contributed by atoms with E-state index in [1.165, 1.54) is 11.3 Å². The number of carbonyl (C=O) groups excluding carboxylic acids is 1. The summed E-state index contributed by atoms with van der Waals surface area (Å²) in [6.45, 7) is 5.85. The first kappa shape index (κ1) is 25.4. The molecule has 0 radical (unpaired) electrons. The van der Waals surface area contributed by atoms with Gasteiger partial charge in [0.1, 0.15) is 16.1 Å². The smallest absolute Gasteiger partial charge is 0.442 e. The summed E-state index contributed by atoms with van der Waals surface area (Å²) < 4.78 is 50.3. The lowest BCUT2D eigenvalue weighted by Crippen LogP contribution is -2.38. The number of halogens is 3. The van der Waals surface area contributed by atoms with Crippen molar-refractivity contribution in [3.63, 3.8) is 0 Å². The number of benzene rings is 2. The highest BCUT2D eigenvalue weighted by molar-refractivity contribution is 7.21. The number of alkyl halides is 2. The molecule has 4 rings (SSSR count). The van der Waals surface area contributed by atoms with Gasteiger partial charge in [-0.15, -0.1) is 16.4 Å². The molecular weight excluding hydrogens is 497 g/mol. The maximum absolute atomic E-state index is 15.0. The standard InChI is InChI=1S/C24H23F3N4O4S/c1-6-31(23(32)34-24(3,4)5)35-13-9-15(25)20-17(10-13)36-21(30-20)14-7-12(2)8-16-19(14)28-11-18(29-16)33-22(26)27/h7-11,22H,6H2,1-5H3. The highest BCUT2D eigenvalue weighted by Crippen LogP contribution is 2.37. The molecule has 0 fully saturated rings. The molecule has 8 nitrogen and oxygen atoms in total. The zero-order valence-electron chi connectivity index (χ0n) is 20.1. The van der Waals surface area contributed by atoms with Crippen LogP contribution in [-0.2, 0) is 4.74 Å². The summed E-state index contributed by atoms with van der Waals surface area (Å²) in [5.74, 6) is -0.844. The summed E-state index contributed by atoms with van der Waals surface area (Å²) in [4.78, 5) is 30.8. The molecular formula is C24H23F3N4O4S. The van der Waals surface area contributed by atoms with Crippen molar-refractivity contribution in [1.82, 2.24) is 20.0 Å². The molecule has 2 heterocycles. The van der Waals surface area contributed by atoms with Crippen molar-refractivity contribution in [1.29, 1.82) is 0 Å². The van der Waals surface area contributed by atoms with Gasteiger partial charge in [0, 0.05) is 17.7 Å². The van der Waals surface area contributed by atoms with Crippen LogP contribution in [0.4, 0.5) is 18.0 Å². The summed E-state index contributed by atoms with van der Waals surface area (Å²) >= 11 is 1.19. The van der Waals surface area contributed by atoms with E-state index >= 15 is 0 Å². The Balaban J connectivity index is 1.71. The van der Waals surface area contributed by atoms with E-state index in [0.717, 1.165) is 22.9 Å². The fourth-order valence-corrected chi connectivity index (χ4v) is 4.39. The summed E-state index contributed by atoms with van der Waals surface area (Å²) in [5, 5.41) is 1.45. The maximum atomic E-state index is 15.0. The monoisotopic (exact) mass is 520 g/mol. The molecule has 0 saturated carbocycles. The average molecular weight is 521 g/mol. The molecule has 0 atom stereocenters. The highest BCUT2D eigenvalue weighted by Gasteiger charge is 2.24. The van der Waals surface area contributed by atoms with Crippen LogP contribution in [0.5, 0.6) is 11.6 Å². The third-order valence-electron chi connectivity index (χ3n) is 4.73. The number of carbonyl (C=O) groups is 1. The minimum absolute atomic E-state index is 0.102. The molecule has 0 aliphatic rings. The van der Waals surface area contributed by atoms with Gasteiger partial charge < -0.3 is 14.3 Å². The van der Waals surface area contributed by atoms with Gasteiger partial charge in [-0.3, -0.25) is 0 Å². The molecule has 2 aromatic heterocycles.